The number of urea groups is 1. The van der Waals surface area contributed by atoms with E-state index < -0.39 is 11.0 Å². The third-order valence-electron chi connectivity index (χ3n) is 3.18. The lowest BCUT2D eigenvalue weighted by Gasteiger charge is -2.08. The van der Waals surface area contributed by atoms with Gasteiger partial charge in [-0.2, -0.15) is 0 Å². The molecule has 2 N–H and O–H groups in total. The van der Waals surface area contributed by atoms with Crippen molar-refractivity contribution >= 4 is 44.1 Å². The van der Waals surface area contributed by atoms with Gasteiger partial charge in [-0.1, -0.05) is 23.5 Å². The smallest absolute Gasteiger partial charge is 0.307 e. The molecule has 8 heteroatoms. The first kappa shape index (κ1) is 14.9. The van der Waals surface area contributed by atoms with Crippen LogP contribution in [-0.4, -0.2) is 15.9 Å². The number of para-hydroxylation sites is 1. The molecule has 0 saturated heterocycles. The van der Waals surface area contributed by atoms with Crippen molar-refractivity contribution in [1.29, 1.82) is 0 Å². The van der Waals surface area contributed by atoms with Gasteiger partial charge in [0, 0.05) is 17.8 Å². The average Bonchev–Trinajstić information content (AvgIpc) is 2.91. The minimum Gasteiger partial charge on any atom is -0.307 e. The van der Waals surface area contributed by atoms with Crippen molar-refractivity contribution in [2.45, 2.75) is 6.92 Å². The van der Waals surface area contributed by atoms with Crippen molar-refractivity contribution in [3.8, 4) is 0 Å². The summed E-state index contributed by atoms with van der Waals surface area (Å²) in [6, 6.07) is 11.4. The number of fused-ring (bicyclic) bond motifs is 1. The molecule has 2 aromatic carbocycles. The number of hydrogen-bond donors (Lipinski definition) is 2. The van der Waals surface area contributed by atoms with Gasteiger partial charge >= 0.3 is 6.03 Å². The number of nitrogens with one attached hydrogen (secondary N) is 2. The normalized spacial score (nSPS) is 10.5. The molecule has 0 aliphatic heterocycles. The molecule has 0 saturated carbocycles. The summed E-state index contributed by atoms with van der Waals surface area (Å²) in [4.78, 5) is 26.6. The number of non-ortho nitro benzene ring substituents is 1. The summed E-state index contributed by atoms with van der Waals surface area (Å²) >= 11 is 1.37. The molecule has 0 aliphatic rings. The van der Waals surface area contributed by atoms with Gasteiger partial charge in [-0.05, 0) is 30.7 Å². The number of nitro groups is 1. The molecular formula is C15H12N4O3S. The van der Waals surface area contributed by atoms with Gasteiger partial charge in [0.2, 0.25) is 0 Å². The summed E-state index contributed by atoms with van der Waals surface area (Å²) in [5, 5.41) is 16.5. The van der Waals surface area contributed by atoms with Crippen LogP contribution in [0.1, 0.15) is 5.56 Å². The first-order valence-electron chi connectivity index (χ1n) is 6.71. The van der Waals surface area contributed by atoms with E-state index in [0.29, 0.717) is 16.4 Å². The van der Waals surface area contributed by atoms with E-state index in [-0.39, 0.29) is 5.69 Å². The lowest BCUT2D eigenvalue weighted by Crippen LogP contribution is -2.19. The molecule has 0 spiro atoms. The molecule has 3 aromatic rings. The maximum absolute atomic E-state index is 12.0. The Balaban J connectivity index is 1.73. The number of carbonyl (C=O) groups excluding carboxylic acids is 1. The van der Waals surface area contributed by atoms with E-state index in [1.807, 2.05) is 24.3 Å². The largest absolute Gasteiger partial charge is 0.325 e. The molecule has 0 radical (unpaired) electrons. The van der Waals surface area contributed by atoms with Crippen molar-refractivity contribution in [3.05, 3.63) is 58.1 Å². The number of hydrogen-bond acceptors (Lipinski definition) is 5. The number of anilines is 2. The Morgan fingerprint density at radius 2 is 2.00 bits per heavy atom. The topological polar surface area (TPSA) is 97.2 Å². The van der Waals surface area contributed by atoms with Crippen LogP contribution >= 0.6 is 11.3 Å². The van der Waals surface area contributed by atoms with Crippen LogP contribution in [0.2, 0.25) is 0 Å². The number of aryl methyl sites for hydroxylation is 1. The van der Waals surface area contributed by atoms with Crippen molar-refractivity contribution in [1.82, 2.24) is 4.98 Å². The van der Waals surface area contributed by atoms with Gasteiger partial charge in [0.1, 0.15) is 0 Å². The van der Waals surface area contributed by atoms with E-state index >= 15 is 0 Å². The highest BCUT2D eigenvalue weighted by Gasteiger charge is 2.11. The summed E-state index contributed by atoms with van der Waals surface area (Å²) in [5.74, 6) is 0. The monoisotopic (exact) mass is 328 g/mol. The van der Waals surface area contributed by atoms with E-state index in [1.165, 1.54) is 29.5 Å². The highest BCUT2D eigenvalue weighted by atomic mass is 32.1. The SMILES string of the molecule is Cc1cc([N+](=O)[O-])ccc1NC(=O)Nc1nc2ccccc2s1. The summed E-state index contributed by atoms with van der Waals surface area (Å²) in [6.07, 6.45) is 0. The fourth-order valence-electron chi connectivity index (χ4n) is 2.08. The van der Waals surface area contributed by atoms with Gasteiger partial charge in [-0.25, -0.2) is 9.78 Å². The van der Waals surface area contributed by atoms with Crippen molar-refractivity contribution in [3.63, 3.8) is 0 Å². The van der Waals surface area contributed by atoms with Crippen molar-refractivity contribution in [2.24, 2.45) is 0 Å². The maximum Gasteiger partial charge on any atom is 0.325 e. The number of amides is 2. The molecular weight excluding hydrogens is 316 g/mol. The molecule has 3 rings (SSSR count). The summed E-state index contributed by atoms with van der Waals surface area (Å²) in [7, 11) is 0. The molecule has 0 unspecified atom stereocenters. The summed E-state index contributed by atoms with van der Waals surface area (Å²) in [5.41, 5.74) is 1.92. The lowest BCUT2D eigenvalue weighted by molar-refractivity contribution is -0.384. The fraction of sp³-hybridized carbons (Fsp3) is 0.0667. The molecule has 116 valence electrons. The van der Waals surface area contributed by atoms with Crippen LogP contribution in [0.5, 0.6) is 0 Å². The quantitative estimate of drug-likeness (QED) is 0.557. The Labute approximate surface area is 135 Å². The van der Waals surface area contributed by atoms with Gasteiger partial charge in [-0.3, -0.25) is 15.4 Å². The van der Waals surface area contributed by atoms with E-state index in [4.69, 9.17) is 0 Å². The van der Waals surface area contributed by atoms with Crippen molar-refractivity contribution in [2.75, 3.05) is 10.6 Å². The van der Waals surface area contributed by atoms with Crippen LogP contribution in [0.25, 0.3) is 10.2 Å². The Kier molecular flexibility index (Phi) is 3.90. The number of thiazole rings is 1. The predicted octanol–water partition coefficient (Wildman–Crippen LogP) is 4.16. The number of carbonyl (C=O) groups is 1. The van der Waals surface area contributed by atoms with Gasteiger partial charge in [0.05, 0.1) is 15.1 Å². The molecule has 0 aliphatic carbocycles. The van der Waals surface area contributed by atoms with Gasteiger partial charge < -0.3 is 5.32 Å². The first-order chi connectivity index (χ1) is 11.0. The Bertz CT molecular complexity index is 874. The molecule has 1 heterocycles. The minimum absolute atomic E-state index is 0.0142. The van der Waals surface area contributed by atoms with Gasteiger partial charge in [0.15, 0.2) is 5.13 Å². The van der Waals surface area contributed by atoms with Crippen LogP contribution in [0.15, 0.2) is 42.5 Å². The second-order valence-electron chi connectivity index (χ2n) is 4.82. The summed E-state index contributed by atoms with van der Waals surface area (Å²) < 4.78 is 0.981. The van der Waals surface area contributed by atoms with E-state index in [9.17, 15) is 14.9 Å². The zero-order chi connectivity index (χ0) is 16.4. The van der Waals surface area contributed by atoms with E-state index in [0.717, 1.165) is 10.2 Å². The van der Waals surface area contributed by atoms with Crippen LogP contribution in [0.4, 0.5) is 21.3 Å². The number of aromatic nitrogens is 1. The van der Waals surface area contributed by atoms with Crippen LogP contribution in [0, 0.1) is 17.0 Å². The van der Waals surface area contributed by atoms with E-state index in [2.05, 4.69) is 15.6 Å². The second kappa shape index (κ2) is 6.01. The lowest BCUT2D eigenvalue weighted by atomic mass is 10.2. The zero-order valence-electron chi connectivity index (χ0n) is 12.1. The number of benzene rings is 2. The standard InChI is InChI=1S/C15H12N4O3S/c1-9-8-10(19(21)22)6-7-11(9)16-14(20)18-15-17-12-4-2-3-5-13(12)23-15/h2-8H,1H3,(H2,16,17,18,20). The highest BCUT2D eigenvalue weighted by Crippen LogP contribution is 2.26. The van der Waals surface area contributed by atoms with Gasteiger partial charge in [0.25, 0.3) is 5.69 Å². The molecule has 0 atom stereocenters. The average molecular weight is 328 g/mol. The van der Waals surface area contributed by atoms with Crippen LogP contribution in [-0.2, 0) is 0 Å². The Morgan fingerprint density at radius 3 is 2.70 bits per heavy atom. The predicted molar refractivity (Wildman–Crippen MR) is 90.1 cm³/mol. The maximum atomic E-state index is 12.0. The second-order valence-corrected chi connectivity index (χ2v) is 5.85. The number of rotatable bonds is 3. The van der Waals surface area contributed by atoms with Gasteiger partial charge in [-0.15, -0.1) is 0 Å². The molecule has 1 aromatic heterocycles. The Morgan fingerprint density at radius 1 is 1.22 bits per heavy atom. The first-order valence-corrected chi connectivity index (χ1v) is 7.53. The minimum atomic E-state index is -0.474. The molecule has 23 heavy (non-hydrogen) atoms. The molecule has 2 amide bonds. The number of nitro benzene ring substituents is 1. The molecule has 0 fully saturated rings. The fourth-order valence-corrected chi connectivity index (χ4v) is 2.94. The third kappa shape index (κ3) is 3.27. The van der Waals surface area contributed by atoms with Crippen LogP contribution in [0.3, 0.4) is 0 Å². The third-order valence-corrected chi connectivity index (χ3v) is 4.14. The number of nitrogens with zero attached hydrogens (tertiary/aromatic N) is 2. The van der Waals surface area contributed by atoms with Crippen LogP contribution < -0.4 is 10.6 Å². The van der Waals surface area contributed by atoms with Crippen molar-refractivity contribution < 1.29 is 9.72 Å². The molecule has 0 bridgehead atoms. The highest BCUT2D eigenvalue weighted by molar-refractivity contribution is 7.22. The molecule has 7 nitrogen and oxygen atoms in total. The zero-order valence-corrected chi connectivity index (χ0v) is 12.9. The summed E-state index contributed by atoms with van der Waals surface area (Å²) in [6.45, 7) is 1.69. The Hall–Kier alpha value is -3.00. The van der Waals surface area contributed by atoms with E-state index in [1.54, 1.807) is 6.92 Å².